The molecule has 346 valence electrons. The molecule has 0 aliphatic heterocycles. The highest BCUT2D eigenvalue weighted by atomic mass is 31.2. The quantitative estimate of drug-likeness (QED) is 0.0151. The Hall–Kier alpha value is -1.85. The first-order valence-electron chi connectivity index (χ1n) is 23.4. The molecule has 12 heteroatoms. The lowest BCUT2D eigenvalue weighted by Gasteiger charge is -2.20. The van der Waals surface area contributed by atoms with Gasteiger partial charge in [0.2, 0.25) is 0 Å². The highest BCUT2D eigenvalue weighted by Crippen LogP contribution is 2.43. The van der Waals surface area contributed by atoms with Gasteiger partial charge in [-0.1, -0.05) is 186 Å². The molecule has 4 N–H and O–H groups in total. The predicted octanol–water partition coefficient (Wildman–Crippen LogP) is 11.6. The SMILES string of the molecule is CCCCCCCC/C=C/C/C=C/C=C/C(O)CCCC(=O)O[C@H](COC(=O)CCCCCCCCCCCCCCCCCC(C)C)COP(=O)(O)OC[C@@H](O)CO. The molecule has 0 spiro atoms. The molecule has 0 aromatic rings. The molecule has 0 fully saturated rings. The normalized spacial score (nSPS) is 14.7. The minimum atomic E-state index is -4.67. The first-order valence-corrected chi connectivity index (χ1v) is 24.9. The number of rotatable bonds is 43. The zero-order chi connectivity index (χ0) is 43.7. The molecule has 0 aromatic carbocycles. The maximum atomic E-state index is 12.6. The fraction of sp³-hybridized carbons (Fsp3) is 0.830. The zero-order valence-electron chi connectivity index (χ0n) is 37.5. The van der Waals surface area contributed by atoms with E-state index in [1.54, 1.807) is 12.2 Å². The van der Waals surface area contributed by atoms with Crippen LogP contribution in [0.3, 0.4) is 0 Å². The standard InChI is InChI=1S/C47H87O11P/c1-4-5-6-7-8-9-10-14-18-21-24-27-30-34-43(49)35-32-37-47(52)58-45(41-57-59(53,54)56-39-44(50)38-48)40-55-46(51)36-31-28-25-22-19-16-13-11-12-15-17-20-23-26-29-33-42(2)3/h14,18,24,27,30,34,42-45,48-50H,4-13,15-17,19-23,25-26,28-29,31-33,35-41H2,1-3H3,(H,53,54)/b18-14+,27-24+,34-30+/t43?,44-,45+/m0/s1. The lowest BCUT2D eigenvalue weighted by Crippen LogP contribution is -2.30. The van der Waals surface area contributed by atoms with Gasteiger partial charge in [0.25, 0.3) is 0 Å². The first kappa shape index (κ1) is 57.1. The van der Waals surface area contributed by atoms with E-state index in [1.165, 1.54) is 116 Å². The van der Waals surface area contributed by atoms with Gasteiger partial charge >= 0.3 is 19.8 Å². The highest BCUT2D eigenvalue weighted by molar-refractivity contribution is 7.47. The van der Waals surface area contributed by atoms with Crippen LogP contribution in [-0.2, 0) is 32.7 Å². The summed E-state index contributed by atoms with van der Waals surface area (Å²) in [6, 6.07) is 0. The van der Waals surface area contributed by atoms with Crippen molar-refractivity contribution in [3.8, 4) is 0 Å². The molecule has 0 radical (unpaired) electrons. The van der Waals surface area contributed by atoms with Crippen LogP contribution in [0.4, 0.5) is 0 Å². The van der Waals surface area contributed by atoms with Gasteiger partial charge in [-0.2, -0.15) is 0 Å². The van der Waals surface area contributed by atoms with E-state index in [1.807, 2.05) is 12.2 Å². The summed E-state index contributed by atoms with van der Waals surface area (Å²) in [6.07, 6.45) is 38.6. The summed E-state index contributed by atoms with van der Waals surface area (Å²) in [5, 5.41) is 28.7. The van der Waals surface area contributed by atoms with Gasteiger partial charge < -0.3 is 29.7 Å². The maximum absolute atomic E-state index is 12.6. The van der Waals surface area contributed by atoms with Crippen LogP contribution >= 0.6 is 7.82 Å². The van der Waals surface area contributed by atoms with Gasteiger partial charge in [-0.05, 0) is 44.4 Å². The number of esters is 2. The summed E-state index contributed by atoms with van der Waals surface area (Å²) < 4.78 is 32.6. The fourth-order valence-corrected chi connectivity index (χ4v) is 7.21. The van der Waals surface area contributed by atoms with E-state index in [0.29, 0.717) is 19.3 Å². The second-order valence-corrected chi connectivity index (χ2v) is 17.9. The Bertz CT molecular complexity index is 1110. The Morgan fingerprint density at radius 2 is 1.15 bits per heavy atom. The van der Waals surface area contributed by atoms with Gasteiger partial charge in [0, 0.05) is 12.8 Å². The van der Waals surface area contributed by atoms with Crippen LogP contribution < -0.4 is 0 Å². The predicted molar refractivity (Wildman–Crippen MR) is 239 cm³/mol. The van der Waals surface area contributed by atoms with Crippen LogP contribution in [-0.4, -0.2) is 76.9 Å². The smallest absolute Gasteiger partial charge is 0.462 e. The van der Waals surface area contributed by atoms with E-state index in [2.05, 4.69) is 37.4 Å². The van der Waals surface area contributed by atoms with Crippen LogP contribution in [0.1, 0.15) is 201 Å². The zero-order valence-corrected chi connectivity index (χ0v) is 38.4. The van der Waals surface area contributed by atoms with Crippen LogP contribution in [0.2, 0.25) is 0 Å². The lowest BCUT2D eigenvalue weighted by atomic mass is 10.0. The molecule has 0 aromatic heterocycles. The number of hydrogen-bond donors (Lipinski definition) is 4. The number of phosphoric ester groups is 1. The van der Waals surface area contributed by atoms with E-state index in [4.69, 9.17) is 19.1 Å². The highest BCUT2D eigenvalue weighted by Gasteiger charge is 2.27. The van der Waals surface area contributed by atoms with Gasteiger partial charge in [-0.25, -0.2) is 4.57 Å². The van der Waals surface area contributed by atoms with Crippen molar-refractivity contribution in [1.82, 2.24) is 0 Å². The molecule has 0 heterocycles. The summed E-state index contributed by atoms with van der Waals surface area (Å²) in [6.45, 7) is 4.52. The molecule has 0 saturated carbocycles. The number of aliphatic hydroxyl groups excluding tert-OH is 3. The number of carbonyl (C=O) groups excluding carboxylic acids is 2. The number of unbranched alkanes of at least 4 members (excludes halogenated alkanes) is 20. The Kier molecular flexibility index (Phi) is 40.2. The average molecular weight is 859 g/mol. The van der Waals surface area contributed by atoms with E-state index in [0.717, 1.165) is 38.0 Å². The van der Waals surface area contributed by atoms with Crippen LogP contribution in [0.15, 0.2) is 36.5 Å². The molecular weight excluding hydrogens is 771 g/mol. The second-order valence-electron chi connectivity index (χ2n) is 16.5. The van der Waals surface area contributed by atoms with Gasteiger partial charge in [0.15, 0.2) is 6.10 Å². The Balaban J connectivity index is 4.40. The molecule has 11 nitrogen and oxygen atoms in total. The van der Waals surface area contributed by atoms with Gasteiger partial charge in [-0.15, -0.1) is 0 Å². The number of hydrogen-bond acceptors (Lipinski definition) is 10. The van der Waals surface area contributed by atoms with Crippen LogP contribution in [0.25, 0.3) is 0 Å². The number of allylic oxidation sites excluding steroid dienone is 5. The minimum Gasteiger partial charge on any atom is -0.462 e. The van der Waals surface area contributed by atoms with Crippen molar-refractivity contribution in [2.75, 3.05) is 26.4 Å². The minimum absolute atomic E-state index is 0.0384. The number of aliphatic hydroxyl groups is 3. The summed E-state index contributed by atoms with van der Waals surface area (Å²) in [4.78, 5) is 35.1. The molecule has 0 saturated heterocycles. The summed E-state index contributed by atoms with van der Waals surface area (Å²) in [5.41, 5.74) is 0. The summed E-state index contributed by atoms with van der Waals surface area (Å²) in [5.74, 6) is -0.293. The molecular formula is C47H87O11P. The Morgan fingerprint density at radius 3 is 1.75 bits per heavy atom. The number of ether oxygens (including phenoxy) is 2. The van der Waals surface area contributed by atoms with Crippen molar-refractivity contribution in [3.63, 3.8) is 0 Å². The van der Waals surface area contributed by atoms with Crippen molar-refractivity contribution in [1.29, 1.82) is 0 Å². The van der Waals surface area contributed by atoms with E-state index < -0.39 is 57.9 Å². The van der Waals surface area contributed by atoms with E-state index >= 15 is 0 Å². The number of carbonyl (C=O) groups is 2. The number of phosphoric acid groups is 1. The Labute approximate surface area is 359 Å². The van der Waals surface area contributed by atoms with Crippen molar-refractivity contribution in [2.45, 2.75) is 219 Å². The van der Waals surface area contributed by atoms with E-state index in [-0.39, 0.29) is 19.4 Å². The fourth-order valence-electron chi connectivity index (χ4n) is 6.42. The molecule has 0 aliphatic carbocycles. The monoisotopic (exact) mass is 859 g/mol. The molecule has 59 heavy (non-hydrogen) atoms. The topological polar surface area (TPSA) is 169 Å². The van der Waals surface area contributed by atoms with E-state index in [9.17, 15) is 29.3 Å². The average Bonchev–Trinajstić information content (AvgIpc) is 3.20. The lowest BCUT2D eigenvalue weighted by molar-refractivity contribution is -0.161. The summed E-state index contributed by atoms with van der Waals surface area (Å²) >= 11 is 0. The Morgan fingerprint density at radius 1 is 0.610 bits per heavy atom. The first-order chi connectivity index (χ1) is 28.5. The van der Waals surface area contributed by atoms with Gasteiger partial charge in [0.05, 0.1) is 25.9 Å². The molecule has 0 amide bonds. The molecule has 0 rings (SSSR count). The molecule has 4 atom stereocenters. The van der Waals surface area contributed by atoms with Gasteiger partial charge in [0.1, 0.15) is 12.7 Å². The molecule has 0 bridgehead atoms. The van der Waals surface area contributed by atoms with Crippen molar-refractivity contribution >= 4 is 19.8 Å². The van der Waals surface area contributed by atoms with Crippen molar-refractivity contribution < 1.29 is 52.9 Å². The van der Waals surface area contributed by atoms with Crippen LogP contribution in [0, 0.1) is 5.92 Å². The van der Waals surface area contributed by atoms with Gasteiger partial charge in [-0.3, -0.25) is 18.6 Å². The maximum Gasteiger partial charge on any atom is 0.472 e. The third-order valence-electron chi connectivity index (χ3n) is 10.1. The third-order valence-corrected chi connectivity index (χ3v) is 11.0. The van der Waals surface area contributed by atoms with Crippen molar-refractivity contribution in [3.05, 3.63) is 36.5 Å². The van der Waals surface area contributed by atoms with Crippen molar-refractivity contribution in [2.24, 2.45) is 5.92 Å². The summed E-state index contributed by atoms with van der Waals surface area (Å²) in [7, 11) is -4.67. The third kappa shape index (κ3) is 42.6. The molecule has 0 aliphatic rings. The molecule has 2 unspecified atom stereocenters. The largest absolute Gasteiger partial charge is 0.472 e. The van der Waals surface area contributed by atoms with Crippen LogP contribution in [0.5, 0.6) is 0 Å². The second kappa shape index (κ2) is 41.5.